The van der Waals surface area contributed by atoms with Crippen molar-refractivity contribution in [1.29, 1.82) is 0 Å². The van der Waals surface area contributed by atoms with Gasteiger partial charge in [0.25, 0.3) is 0 Å². The van der Waals surface area contributed by atoms with Crippen LogP contribution in [0.5, 0.6) is 0 Å². The van der Waals surface area contributed by atoms with Gasteiger partial charge in [-0.3, -0.25) is 9.59 Å². The SMILES string of the molecule is NC(=O)Cc1ccc(NC(=O)CN(Cc2ccc(Br)cc2)S(=O)(=O)c2ccc(Cl)cc2)cc1. The van der Waals surface area contributed by atoms with Crippen molar-refractivity contribution in [2.75, 3.05) is 11.9 Å². The maximum atomic E-state index is 13.3. The molecule has 0 radical (unpaired) electrons. The van der Waals surface area contributed by atoms with E-state index in [9.17, 15) is 18.0 Å². The number of anilines is 1. The first kappa shape index (κ1) is 24.9. The molecular formula is C23H21BrClN3O4S. The smallest absolute Gasteiger partial charge is 0.243 e. The normalized spacial score (nSPS) is 11.4. The van der Waals surface area contributed by atoms with Gasteiger partial charge in [-0.15, -0.1) is 0 Å². The Bertz CT molecular complexity index is 1230. The fourth-order valence-electron chi connectivity index (χ4n) is 3.04. The number of hydrogen-bond donors (Lipinski definition) is 2. The number of nitrogens with two attached hydrogens (primary N) is 1. The molecule has 3 aromatic rings. The summed E-state index contributed by atoms with van der Waals surface area (Å²) in [6.45, 7) is -0.396. The van der Waals surface area contributed by atoms with Gasteiger partial charge < -0.3 is 11.1 Å². The van der Waals surface area contributed by atoms with E-state index in [1.165, 1.54) is 24.3 Å². The molecular weight excluding hydrogens is 530 g/mol. The molecule has 0 heterocycles. The number of amides is 2. The molecule has 0 aliphatic heterocycles. The Morgan fingerprint density at radius 3 is 2.06 bits per heavy atom. The van der Waals surface area contributed by atoms with E-state index < -0.39 is 28.4 Å². The lowest BCUT2D eigenvalue weighted by molar-refractivity contribution is -0.117. The molecule has 0 saturated heterocycles. The van der Waals surface area contributed by atoms with E-state index in [-0.39, 0.29) is 17.9 Å². The zero-order chi connectivity index (χ0) is 24.0. The van der Waals surface area contributed by atoms with Crippen molar-refractivity contribution in [1.82, 2.24) is 4.31 Å². The first-order valence-electron chi connectivity index (χ1n) is 9.81. The largest absolute Gasteiger partial charge is 0.369 e. The van der Waals surface area contributed by atoms with Gasteiger partial charge in [-0.25, -0.2) is 8.42 Å². The minimum Gasteiger partial charge on any atom is -0.369 e. The third-order valence-corrected chi connectivity index (χ3v) is 7.25. The maximum absolute atomic E-state index is 13.3. The molecule has 10 heteroatoms. The van der Waals surface area contributed by atoms with Crippen molar-refractivity contribution in [3.63, 3.8) is 0 Å². The minimum absolute atomic E-state index is 0.00318. The van der Waals surface area contributed by atoms with E-state index in [0.717, 1.165) is 14.3 Å². The second-order valence-corrected chi connectivity index (χ2v) is 10.5. The Morgan fingerprint density at radius 2 is 1.48 bits per heavy atom. The Morgan fingerprint density at radius 1 is 0.909 bits per heavy atom. The number of benzene rings is 3. The number of rotatable bonds is 9. The number of carbonyl (C=O) groups is 2. The number of hydrogen-bond acceptors (Lipinski definition) is 4. The molecule has 0 aliphatic rings. The summed E-state index contributed by atoms with van der Waals surface area (Å²) in [7, 11) is -3.98. The third-order valence-electron chi connectivity index (χ3n) is 4.66. The van der Waals surface area contributed by atoms with Crippen molar-refractivity contribution < 1.29 is 18.0 Å². The molecule has 2 amide bonds. The summed E-state index contributed by atoms with van der Waals surface area (Å²) >= 11 is 9.25. The second-order valence-electron chi connectivity index (χ2n) is 7.24. The maximum Gasteiger partial charge on any atom is 0.243 e. The predicted molar refractivity (Wildman–Crippen MR) is 131 cm³/mol. The van der Waals surface area contributed by atoms with Gasteiger partial charge in [0.05, 0.1) is 17.9 Å². The summed E-state index contributed by atoms with van der Waals surface area (Å²) in [4.78, 5) is 23.8. The van der Waals surface area contributed by atoms with Gasteiger partial charge in [0, 0.05) is 21.7 Å². The number of carbonyl (C=O) groups excluding carboxylic acids is 2. The van der Waals surface area contributed by atoms with Crippen molar-refractivity contribution in [3.8, 4) is 0 Å². The minimum atomic E-state index is -3.98. The summed E-state index contributed by atoms with van der Waals surface area (Å²) in [6, 6.07) is 19.5. The van der Waals surface area contributed by atoms with Crippen LogP contribution in [-0.4, -0.2) is 31.1 Å². The Hall–Kier alpha value is -2.72. The Kier molecular flexibility index (Phi) is 8.25. The van der Waals surface area contributed by atoms with Crippen molar-refractivity contribution in [2.24, 2.45) is 5.73 Å². The molecule has 0 bridgehead atoms. The Balaban J connectivity index is 1.81. The van der Waals surface area contributed by atoms with Crippen LogP contribution in [0.15, 0.2) is 82.2 Å². The van der Waals surface area contributed by atoms with E-state index in [2.05, 4.69) is 21.2 Å². The van der Waals surface area contributed by atoms with Crippen LogP contribution in [0.2, 0.25) is 5.02 Å². The summed E-state index contributed by atoms with van der Waals surface area (Å²) in [5.41, 5.74) is 7.09. The molecule has 0 saturated carbocycles. The molecule has 0 spiro atoms. The molecule has 3 N–H and O–H groups in total. The first-order valence-corrected chi connectivity index (χ1v) is 12.4. The fourth-order valence-corrected chi connectivity index (χ4v) is 4.82. The van der Waals surface area contributed by atoms with E-state index in [4.69, 9.17) is 17.3 Å². The summed E-state index contributed by atoms with van der Waals surface area (Å²) in [5, 5.41) is 3.10. The van der Waals surface area contributed by atoms with Gasteiger partial charge >= 0.3 is 0 Å². The van der Waals surface area contributed by atoms with Crippen LogP contribution < -0.4 is 11.1 Å². The standard InChI is InChI=1S/C23H21BrClN3O4S/c24-18-5-1-17(2-6-18)14-28(33(31,32)21-11-7-19(25)8-12-21)15-23(30)27-20-9-3-16(4-10-20)13-22(26)29/h1-12H,13-15H2,(H2,26,29)(H,27,30). The van der Waals surface area contributed by atoms with Gasteiger partial charge in [0.1, 0.15) is 0 Å². The molecule has 0 unspecified atom stereocenters. The lowest BCUT2D eigenvalue weighted by atomic mass is 10.1. The van der Waals surface area contributed by atoms with Crippen molar-refractivity contribution >= 4 is 55.1 Å². The van der Waals surface area contributed by atoms with Crippen LogP contribution in [-0.2, 0) is 32.6 Å². The number of sulfonamides is 1. The molecule has 3 rings (SSSR count). The summed E-state index contributed by atoms with van der Waals surface area (Å²) < 4.78 is 28.6. The van der Waals surface area contributed by atoms with Crippen molar-refractivity contribution in [3.05, 3.63) is 93.4 Å². The first-order chi connectivity index (χ1) is 15.6. The lowest BCUT2D eigenvalue weighted by Gasteiger charge is -2.22. The number of nitrogens with one attached hydrogen (secondary N) is 1. The molecule has 172 valence electrons. The van der Waals surface area contributed by atoms with Gasteiger partial charge in [0.2, 0.25) is 21.8 Å². The number of primary amides is 1. The molecule has 0 aliphatic carbocycles. The van der Waals surface area contributed by atoms with Crippen LogP contribution in [0.3, 0.4) is 0 Å². The highest BCUT2D eigenvalue weighted by molar-refractivity contribution is 9.10. The average Bonchev–Trinajstić information content (AvgIpc) is 2.76. The van der Waals surface area contributed by atoms with E-state index in [0.29, 0.717) is 16.3 Å². The molecule has 0 atom stereocenters. The highest BCUT2D eigenvalue weighted by Crippen LogP contribution is 2.22. The van der Waals surface area contributed by atoms with Gasteiger partial charge in [-0.05, 0) is 59.7 Å². The van der Waals surface area contributed by atoms with E-state index >= 15 is 0 Å². The zero-order valence-corrected chi connectivity index (χ0v) is 20.5. The highest BCUT2D eigenvalue weighted by Gasteiger charge is 2.27. The fraction of sp³-hybridized carbons (Fsp3) is 0.130. The van der Waals surface area contributed by atoms with E-state index in [1.807, 2.05) is 0 Å². The van der Waals surface area contributed by atoms with Gasteiger partial charge in [0.15, 0.2) is 0 Å². The third kappa shape index (κ3) is 7.13. The van der Waals surface area contributed by atoms with Crippen LogP contribution in [0, 0.1) is 0 Å². The number of nitrogens with zero attached hydrogens (tertiary/aromatic N) is 1. The molecule has 0 aromatic heterocycles. The van der Waals surface area contributed by atoms with Gasteiger partial charge in [-0.1, -0.05) is 51.8 Å². The molecule has 33 heavy (non-hydrogen) atoms. The van der Waals surface area contributed by atoms with Gasteiger partial charge in [-0.2, -0.15) is 4.31 Å². The summed E-state index contributed by atoms with van der Waals surface area (Å²) in [5.74, 6) is -0.963. The predicted octanol–water partition coefficient (Wildman–Crippen LogP) is 3.96. The molecule has 0 fully saturated rings. The van der Waals surface area contributed by atoms with E-state index in [1.54, 1.807) is 48.5 Å². The van der Waals surface area contributed by atoms with Crippen LogP contribution in [0.1, 0.15) is 11.1 Å². The topological polar surface area (TPSA) is 110 Å². The lowest BCUT2D eigenvalue weighted by Crippen LogP contribution is -2.37. The number of halogens is 2. The highest BCUT2D eigenvalue weighted by atomic mass is 79.9. The van der Waals surface area contributed by atoms with Crippen LogP contribution in [0.4, 0.5) is 5.69 Å². The summed E-state index contributed by atoms with van der Waals surface area (Å²) in [6.07, 6.45) is 0.0918. The second kappa shape index (κ2) is 10.9. The van der Waals surface area contributed by atoms with Crippen molar-refractivity contribution in [2.45, 2.75) is 17.9 Å². The van der Waals surface area contributed by atoms with Crippen LogP contribution in [0.25, 0.3) is 0 Å². The zero-order valence-electron chi connectivity index (χ0n) is 17.4. The molecule has 3 aromatic carbocycles. The average molecular weight is 551 g/mol. The van der Waals surface area contributed by atoms with Crippen LogP contribution >= 0.6 is 27.5 Å². The quantitative estimate of drug-likeness (QED) is 0.420. The molecule has 7 nitrogen and oxygen atoms in total. The Labute approximate surface area is 205 Å². The monoisotopic (exact) mass is 549 g/mol.